The van der Waals surface area contributed by atoms with Gasteiger partial charge < -0.3 is 14.2 Å². The van der Waals surface area contributed by atoms with Gasteiger partial charge in [0, 0.05) is 17.3 Å². The van der Waals surface area contributed by atoms with Crippen molar-refractivity contribution in [1.82, 2.24) is 9.97 Å². The Kier molecular flexibility index (Phi) is 7.87. The molecule has 1 unspecified atom stereocenters. The number of pyridine rings is 2. The van der Waals surface area contributed by atoms with Crippen molar-refractivity contribution in [2.24, 2.45) is 0 Å². The number of nitrogens with zero attached hydrogens (tertiary/aromatic N) is 2. The van der Waals surface area contributed by atoms with Crippen molar-refractivity contribution < 1.29 is 41.4 Å². The highest BCUT2D eigenvalue weighted by Crippen LogP contribution is 2.45. The van der Waals surface area contributed by atoms with Gasteiger partial charge in [-0.15, -0.1) is 0 Å². The quantitative estimate of drug-likeness (QED) is 0.155. The summed E-state index contributed by atoms with van der Waals surface area (Å²) in [6.07, 6.45) is -2.74. The zero-order valence-electron chi connectivity index (χ0n) is 22.1. The predicted octanol–water partition coefficient (Wildman–Crippen LogP) is 7.33. The smallest absolute Gasteiger partial charge is 0.421 e. The zero-order chi connectivity index (χ0) is 30.2. The number of carbonyl (C=O) groups excluding carboxylic acids is 2. The fraction of sp³-hybridized carbons (Fsp3) is 0.200. The lowest BCUT2D eigenvalue weighted by molar-refractivity contribution is -0.139. The van der Waals surface area contributed by atoms with Crippen LogP contribution >= 0.6 is 11.6 Å². The van der Waals surface area contributed by atoms with E-state index < -0.39 is 29.5 Å². The number of carbonyl (C=O) groups is 2. The highest BCUT2D eigenvalue weighted by molar-refractivity contribution is 6.35. The minimum atomic E-state index is -4.83. The molecule has 1 atom stereocenters. The predicted molar refractivity (Wildman–Crippen MR) is 145 cm³/mol. The number of methoxy groups -OCH3 is 2. The van der Waals surface area contributed by atoms with E-state index in [1.165, 1.54) is 26.5 Å². The number of benzene rings is 2. The molecular formula is C30H21ClF4N2O5. The molecule has 0 N–H and O–H groups in total. The van der Waals surface area contributed by atoms with E-state index >= 15 is 0 Å². The average molecular weight is 601 g/mol. The van der Waals surface area contributed by atoms with Gasteiger partial charge in [0.2, 0.25) is 11.8 Å². The van der Waals surface area contributed by atoms with Crippen LogP contribution in [0.2, 0.25) is 5.02 Å². The Morgan fingerprint density at radius 2 is 1.79 bits per heavy atom. The monoisotopic (exact) mass is 600 g/mol. The largest absolute Gasteiger partial charge is 0.496 e. The maximum absolute atomic E-state index is 14.6. The Labute approximate surface area is 242 Å². The van der Waals surface area contributed by atoms with Gasteiger partial charge in [0.25, 0.3) is 0 Å². The molecular weight excluding hydrogens is 580 g/mol. The molecule has 2 aromatic carbocycles. The van der Waals surface area contributed by atoms with Gasteiger partial charge in [-0.05, 0) is 53.8 Å². The Morgan fingerprint density at radius 3 is 2.45 bits per heavy atom. The first kappa shape index (κ1) is 29.0. The minimum Gasteiger partial charge on any atom is -0.496 e. The maximum atomic E-state index is 14.6. The third kappa shape index (κ3) is 5.16. The first-order valence-corrected chi connectivity index (χ1v) is 12.9. The summed E-state index contributed by atoms with van der Waals surface area (Å²) in [4.78, 5) is 30.7. The molecule has 7 nitrogen and oxygen atoms in total. The summed E-state index contributed by atoms with van der Waals surface area (Å²) >= 11 is 6.80. The maximum Gasteiger partial charge on any atom is 0.421 e. The molecule has 0 amide bonds. The molecule has 5 rings (SSSR count). The molecule has 0 fully saturated rings. The topological polar surface area (TPSA) is 87.6 Å². The van der Waals surface area contributed by atoms with Crippen molar-refractivity contribution in [3.8, 4) is 39.9 Å². The summed E-state index contributed by atoms with van der Waals surface area (Å²) < 4.78 is 72.1. The molecule has 12 heteroatoms. The molecule has 42 heavy (non-hydrogen) atoms. The highest BCUT2D eigenvalue weighted by Gasteiger charge is 2.38. The van der Waals surface area contributed by atoms with Crippen LogP contribution in [-0.2, 0) is 12.6 Å². The lowest BCUT2D eigenvalue weighted by Crippen LogP contribution is -2.14. The number of ether oxygens (including phenoxy) is 3. The molecule has 0 saturated heterocycles. The van der Waals surface area contributed by atoms with Gasteiger partial charge in [0.15, 0.2) is 12.6 Å². The van der Waals surface area contributed by atoms with Crippen LogP contribution in [0.4, 0.5) is 17.6 Å². The number of fused-ring (bicyclic) bond motifs is 1. The number of aldehydes is 2. The minimum absolute atomic E-state index is 0.0218. The van der Waals surface area contributed by atoms with Crippen LogP contribution in [0.3, 0.4) is 0 Å². The van der Waals surface area contributed by atoms with Crippen LogP contribution in [0.15, 0.2) is 48.7 Å². The molecule has 4 aromatic rings. The van der Waals surface area contributed by atoms with E-state index in [0.717, 1.165) is 11.6 Å². The van der Waals surface area contributed by atoms with Crippen molar-refractivity contribution in [2.75, 3.05) is 14.2 Å². The standard InChI is InChI=1S/C30H21ClF4N2O5/c1-40-25-12-15(11-23(32)21(25)14-39)27-26(31)20(8-9-36-27)17-4-3-5-19-18(17)6-7-24(19)42-29-22(30(33,34)35)10-16(13-38)28(37-29)41-2/h3-5,8-14,24H,6-7H2,1-2H3. The first-order chi connectivity index (χ1) is 20.1. The van der Waals surface area contributed by atoms with E-state index in [4.69, 9.17) is 25.8 Å². The fourth-order valence-corrected chi connectivity index (χ4v) is 5.35. The van der Waals surface area contributed by atoms with Crippen LogP contribution in [0.5, 0.6) is 17.5 Å². The molecule has 2 aromatic heterocycles. The number of hydrogen-bond acceptors (Lipinski definition) is 7. The molecule has 216 valence electrons. The van der Waals surface area contributed by atoms with Crippen LogP contribution in [0.25, 0.3) is 22.4 Å². The Morgan fingerprint density at radius 1 is 1.00 bits per heavy atom. The lowest BCUT2D eigenvalue weighted by Gasteiger charge is -2.20. The molecule has 2 heterocycles. The third-order valence-corrected chi connectivity index (χ3v) is 7.34. The number of halogens is 5. The summed E-state index contributed by atoms with van der Waals surface area (Å²) in [5.74, 6) is -1.76. The van der Waals surface area contributed by atoms with Gasteiger partial charge in [-0.3, -0.25) is 14.6 Å². The Bertz CT molecular complexity index is 1710. The first-order valence-electron chi connectivity index (χ1n) is 12.5. The van der Waals surface area contributed by atoms with Gasteiger partial charge >= 0.3 is 6.18 Å². The summed E-state index contributed by atoms with van der Waals surface area (Å²) in [6, 6.07) is 10.2. The fourth-order valence-electron chi connectivity index (χ4n) is 5.03. The number of aromatic nitrogens is 2. The normalized spacial score (nSPS) is 14.3. The molecule has 0 saturated carbocycles. The summed E-state index contributed by atoms with van der Waals surface area (Å²) in [6.45, 7) is 0. The van der Waals surface area contributed by atoms with Gasteiger partial charge in [-0.2, -0.15) is 18.2 Å². The van der Waals surface area contributed by atoms with E-state index in [0.29, 0.717) is 41.9 Å². The molecule has 0 radical (unpaired) electrons. The second-order valence-electron chi connectivity index (χ2n) is 9.29. The van der Waals surface area contributed by atoms with E-state index in [9.17, 15) is 27.2 Å². The van der Waals surface area contributed by atoms with E-state index in [1.807, 2.05) is 6.07 Å². The van der Waals surface area contributed by atoms with E-state index in [2.05, 4.69) is 9.97 Å². The van der Waals surface area contributed by atoms with Crippen LogP contribution in [0.1, 0.15) is 49.9 Å². The van der Waals surface area contributed by atoms with Crippen LogP contribution < -0.4 is 14.2 Å². The van der Waals surface area contributed by atoms with Gasteiger partial charge in [-0.1, -0.05) is 29.8 Å². The molecule has 1 aliphatic rings. The molecule has 0 aliphatic heterocycles. The summed E-state index contributed by atoms with van der Waals surface area (Å²) in [5, 5.41) is 0.200. The second-order valence-corrected chi connectivity index (χ2v) is 9.66. The SMILES string of the molecule is COc1cc(-c2nccc(-c3cccc4c3CCC4Oc3nc(OC)c(C=O)cc3C(F)(F)F)c2Cl)cc(F)c1C=O. The van der Waals surface area contributed by atoms with Crippen molar-refractivity contribution in [2.45, 2.75) is 25.1 Å². The van der Waals surface area contributed by atoms with Crippen LogP contribution in [0, 0.1) is 5.82 Å². The highest BCUT2D eigenvalue weighted by atomic mass is 35.5. The van der Waals surface area contributed by atoms with Gasteiger partial charge in [0.05, 0.1) is 36.1 Å². The van der Waals surface area contributed by atoms with E-state index in [-0.39, 0.29) is 45.3 Å². The second kappa shape index (κ2) is 11.4. The summed E-state index contributed by atoms with van der Waals surface area (Å²) in [5.41, 5.74) is 1.44. The number of alkyl halides is 3. The van der Waals surface area contributed by atoms with Gasteiger partial charge in [0.1, 0.15) is 23.2 Å². The Hall–Kier alpha value is -4.51. The molecule has 1 aliphatic carbocycles. The van der Waals surface area contributed by atoms with E-state index in [1.54, 1.807) is 18.2 Å². The molecule has 0 spiro atoms. The lowest BCUT2D eigenvalue weighted by atomic mass is 9.95. The third-order valence-electron chi connectivity index (χ3n) is 6.96. The number of rotatable bonds is 8. The number of hydrogen-bond donors (Lipinski definition) is 0. The van der Waals surface area contributed by atoms with Crippen LogP contribution in [-0.4, -0.2) is 36.8 Å². The molecule has 0 bridgehead atoms. The average Bonchev–Trinajstić information content (AvgIpc) is 3.38. The Balaban J connectivity index is 1.55. The van der Waals surface area contributed by atoms with Crippen molar-refractivity contribution in [3.63, 3.8) is 0 Å². The van der Waals surface area contributed by atoms with Crippen molar-refractivity contribution in [3.05, 3.63) is 87.3 Å². The van der Waals surface area contributed by atoms with Gasteiger partial charge in [-0.25, -0.2) is 4.39 Å². The summed E-state index contributed by atoms with van der Waals surface area (Å²) in [7, 11) is 2.50. The zero-order valence-corrected chi connectivity index (χ0v) is 22.8. The van der Waals surface area contributed by atoms with Crippen molar-refractivity contribution in [1.29, 1.82) is 0 Å². The van der Waals surface area contributed by atoms with Crippen molar-refractivity contribution >= 4 is 24.2 Å².